The molecule has 2 aromatic rings. The first kappa shape index (κ1) is 21.1. The van der Waals surface area contributed by atoms with Crippen LogP contribution in [0, 0.1) is 11.8 Å². The predicted octanol–water partition coefficient (Wildman–Crippen LogP) is 2.09. The van der Waals surface area contributed by atoms with Crippen molar-refractivity contribution in [1.29, 1.82) is 0 Å². The van der Waals surface area contributed by atoms with Gasteiger partial charge >= 0.3 is 5.97 Å². The summed E-state index contributed by atoms with van der Waals surface area (Å²) in [6.45, 7) is 1.90. The first-order valence-electron chi connectivity index (χ1n) is 10.4. The van der Waals surface area contributed by atoms with Crippen LogP contribution in [0.5, 0.6) is 0 Å². The highest BCUT2D eigenvalue weighted by Crippen LogP contribution is 2.53. The molecule has 2 saturated heterocycles. The van der Waals surface area contributed by atoms with Gasteiger partial charge in [0.05, 0.1) is 18.4 Å². The molecule has 0 unspecified atom stereocenters. The molecule has 0 aliphatic carbocycles. The summed E-state index contributed by atoms with van der Waals surface area (Å²) >= 11 is 0. The van der Waals surface area contributed by atoms with Crippen molar-refractivity contribution in [2.45, 2.75) is 18.5 Å². The zero-order chi connectivity index (χ0) is 22.3. The van der Waals surface area contributed by atoms with Crippen molar-refractivity contribution >= 4 is 23.5 Å². The van der Waals surface area contributed by atoms with Crippen molar-refractivity contribution in [3.8, 4) is 0 Å². The maximum Gasteiger partial charge on any atom is 0.331 e. The van der Waals surface area contributed by atoms with E-state index in [0.717, 1.165) is 16.2 Å². The molecule has 2 heterocycles. The van der Waals surface area contributed by atoms with E-state index in [-0.39, 0.29) is 18.4 Å². The molecule has 4 rings (SSSR count). The quantitative estimate of drug-likeness (QED) is 0.588. The number of carbonyl (C=O) groups excluding carboxylic acids is 3. The summed E-state index contributed by atoms with van der Waals surface area (Å²) in [7, 11) is 5.39. The van der Waals surface area contributed by atoms with Crippen LogP contribution in [0.15, 0.2) is 54.6 Å². The van der Waals surface area contributed by atoms with Crippen molar-refractivity contribution in [2.75, 3.05) is 32.6 Å². The molecule has 7 nitrogen and oxygen atoms in total. The number of rotatable bonds is 5. The van der Waals surface area contributed by atoms with Crippen molar-refractivity contribution in [1.82, 2.24) is 10.2 Å². The van der Waals surface area contributed by atoms with Crippen LogP contribution in [0.25, 0.3) is 0 Å². The van der Waals surface area contributed by atoms with Crippen molar-refractivity contribution in [2.24, 2.45) is 11.8 Å². The van der Waals surface area contributed by atoms with E-state index in [9.17, 15) is 14.4 Å². The van der Waals surface area contributed by atoms with Crippen LogP contribution >= 0.6 is 0 Å². The second-order valence-corrected chi connectivity index (χ2v) is 8.24. The van der Waals surface area contributed by atoms with E-state index in [1.807, 2.05) is 61.5 Å². The number of anilines is 1. The molecule has 0 bridgehead atoms. The van der Waals surface area contributed by atoms with Crippen LogP contribution in [0.3, 0.4) is 0 Å². The Kier molecular flexibility index (Phi) is 5.31. The van der Waals surface area contributed by atoms with Crippen LogP contribution in [-0.4, -0.2) is 50.4 Å². The summed E-state index contributed by atoms with van der Waals surface area (Å²) in [4.78, 5) is 43.0. The fraction of sp³-hybridized carbons (Fsp3) is 0.375. The number of carbonyl (C=O) groups is 3. The molecule has 2 aromatic carbocycles. The second kappa shape index (κ2) is 7.81. The predicted molar refractivity (Wildman–Crippen MR) is 116 cm³/mol. The molecule has 31 heavy (non-hydrogen) atoms. The van der Waals surface area contributed by atoms with E-state index in [2.05, 4.69) is 5.32 Å². The fourth-order valence-corrected chi connectivity index (χ4v) is 4.83. The standard InChI is InChI=1S/C24H27N3O4/c1-5-31-23(30)24(16-9-7-6-8-10-16)19-18(21(28)27(4)22(19)29)20(25-24)15-11-13-17(14-12-15)26(2)3/h6-14,18-20,25H,5H2,1-4H3/t18-,19+,20+,24+/m0/s1. The van der Waals surface area contributed by atoms with Crippen molar-refractivity contribution in [3.05, 3.63) is 65.7 Å². The van der Waals surface area contributed by atoms with E-state index in [4.69, 9.17) is 4.74 Å². The summed E-state index contributed by atoms with van der Waals surface area (Å²) in [5, 5.41) is 3.40. The Morgan fingerprint density at radius 1 is 1.06 bits per heavy atom. The van der Waals surface area contributed by atoms with Gasteiger partial charge in [0.15, 0.2) is 5.54 Å². The zero-order valence-electron chi connectivity index (χ0n) is 18.2. The molecule has 0 saturated carbocycles. The van der Waals surface area contributed by atoms with Gasteiger partial charge in [-0.3, -0.25) is 19.8 Å². The average Bonchev–Trinajstić information content (AvgIpc) is 3.25. The topological polar surface area (TPSA) is 79.0 Å². The van der Waals surface area contributed by atoms with Gasteiger partial charge in [-0.25, -0.2) is 4.79 Å². The van der Waals surface area contributed by atoms with Gasteiger partial charge in [0.25, 0.3) is 0 Å². The van der Waals surface area contributed by atoms with Crippen LogP contribution in [0.4, 0.5) is 5.69 Å². The molecule has 0 radical (unpaired) electrons. The largest absolute Gasteiger partial charge is 0.464 e. The fourth-order valence-electron chi connectivity index (χ4n) is 4.83. The summed E-state index contributed by atoms with van der Waals surface area (Å²) in [6, 6.07) is 16.4. The number of likely N-dealkylation sites (tertiary alicyclic amines) is 1. The Bertz CT molecular complexity index is 1010. The number of amides is 2. The third-order valence-electron chi connectivity index (χ3n) is 6.38. The highest BCUT2D eigenvalue weighted by atomic mass is 16.5. The third-order valence-corrected chi connectivity index (χ3v) is 6.38. The molecule has 1 N–H and O–H groups in total. The van der Waals surface area contributed by atoms with Gasteiger partial charge in [0, 0.05) is 32.9 Å². The highest BCUT2D eigenvalue weighted by Gasteiger charge is 2.69. The lowest BCUT2D eigenvalue weighted by atomic mass is 9.75. The maximum atomic E-state index is 13.4. The maximum absolute atomic E-state index is 13.4. The average molecular weight is 421 g/mol. The number of imide groups is 1. The van der Waals surface area contributed by atoms with E-state index >= 15 is 0 Å². The van der Waals surface area contributed by atoms with Crippen molar-refractivity contribution in [3.63, 3.8) is 0 Å². The minimum Gasteiger partial charge on any atom is -0.464 e. The number of esters is 1. The van der Waals surface area contributed by atoms with Crippen molar-refractivity contribution < 1.29 is 19.1 Å². The monoisotopic (exact) mass is 421 g/mol. The molecule has 2 aliphatic rings. The second-order valence-electron chi connectivity index (χ2n) is 8.24. The van der Waals surface area contributed by atoms with Gasteiger partial charge in [0.2, 0.25) is 11.8 Å². The SMILES string of the molecule is CCOC(=O)[C@]1(c2ccccc2)N[C@H](c2ccc(N(C)C)cc2)[C@H]2C(=O)N(C)C(=O)[C@@H]21. The molecule has 162 valence electrons. The minimum atomic E-state index is -1.44. The Morgan fingerprint density at radius 3 is 2.29 bits per heavy atom. The number of benzene rings is 2. The molecular weight excluding hydrogens is 394 g/mol. The third kappa shape index (κ3) is 3.11. The van der Waals surface area contributed by atoms with Crippen LogP contribution in [0.2, 0.25) is 0 Å². The molecule has 2 fully saturated rings. The first-order valence-corrected chi connectivity index (χ1v) is 10.4. The molecule has 2 aliphatic heterocycles. The number of fused-ring (bicyclic) bond motifs is 1. The number of hydrogen-bond donors (Lipinski definition) is 1. The lowest BCUT2D eigenvalue weighted by Gasteiger charge is -2.33. The molecule has 0 spiro atoms. The van der Waals surface area contributed by atoms with E-state index in [1.165, 1.54) is 7.05 Å². The van der Waals surface area contributed by atoms with Crippen LogP contribution in [-0.2, 0) is 24.7 Å². The Morgan fingerprint density at radius 2 is 1.71 bits per heavy atom. The van der Waals surface area contributed by atoms with Gasteiger partial charge in [-0.15, -0.1) is 0 Å². The van der Waals surface area contributed by atoms with Gasteiger partial charge in [-0.1, -0.05) is 42.5 Å². The smallest absolute Gasteiger partial charge is 0.331 e. The normalized spacial score (nSPS) is 27.4. The van der Waals surface area contributed by atoms with Gasteiger partial charge in [-0.05, 0) is 30.2 Å². The summed E-state index contributed by atoms with van der Waals surface area (Å²) < 4.78 is 5.46. The van der Waals surface area contributed by atoms with Gasteiger partial charge in [-0.2, -0.15) is 0 Å². The number of nitrogens with one attached hydrogen (secondary N) is 1. The van der Waals surface area contributed by atoms with E-state index < -0.39 is 29.4 Å². The highest BCUT2D eigenvalue weighted by molar-refractivity contribution is 6.09. The number of ether oxygens (including phenoxy) is 1. The zero-order valence-corrected chi connectivity index (χ0v) is 18.2. The first-order chi connectivity index (χ1) is 14.8. The number of hydrogen-bond acceptors (Lipinski definition) is 6. The molecule has 4 atom stereocenters. The lowest BCUT2D eigenvalue weighted by molar-refractivity contribution is -0.156. The summed E-state index contributed by atoms with van der Waals surface area (Å²) in [6.07, 6.45) is 0. The summed E-state index contributed by atoms with van der Waals surface area (Å²) in [5.41, 5.74) is 1.04. The van der Waals surface area contributed by atoms with E-state index in [0.29, 0.717) is 5.56 Å². The Balaban J connectivity index is 1.89. The molecule has 7 heteroatoms. The van der Waals surface area contributed by atoms with E-state index in [1.54, 1.807) is 19.1 Å². The minimum absolute atomic E-state index is 0.173. The summed E-state index contributed by atoms with van der Waals surface area (Å²) in [5.74, 6) is -2.78. The Labute approximate surface area is 182 Å². The molecule has 0 aromatic heterocycles. The number of nitrogens with zero attached hydrogens (tertiary/aromatic N) is 2. The van der Waals surface area contributed by atoms with Gasteiger partial charge in [0.1, 0.15) is 0 Å². The Hall–Kier alpha value is -3.19. The molecule has 2 amide bonds. The molecular formula is C24H27N3O4. The lowest BCUT2D eigenvalue weighted by Crippen LogP contribution is -2.53. The van der Waals surface area contributed by atoms with Gasteiger partial charge < -0.3 is 9.64 Å². The van der Waals surface area contributed by atoms with Crippen LogP contribution < -0.4 is 10.2 Å². The van der Waals surface area contributed by atoms with Crippen LogP contribution in [0.1, 0.15) is 24.1 Å².